The van der Waals surface area contributed by atoms with Crippen molar-refractivity contribution in [3.8, 4) is 11.3 Å². The van der Waals surface area contributed by atoms with Crippen molar-refractivity contribution in [1.82, 2.24) is 4.98 Å². The van der Waals surface area contributed by atoms with E-state index in [2.05, 4.69) is 74.5 Å². The number of pyridine rings is 1. The van der Waals surface area contributed by atoms with Crippen LogP contribution in [0.25, 0.3) is 22.0 Å². The summed E-state index contributed by atoms with van der Waals surface area (Å²) in [7, 11) is 0. The molecule has 0 amide bonds. The van der Waals surface area contributed by atoms with Crippen LogP contribution in [0.1, 0.15) is 33.4 Å². The van der Waals surface area contributed by atoms with E-state index in [-0.39, 0.29) is 0 Å². The van der Waals surface area contributed by atoms with Crippen LogP contribution in [0.5, 0.6) is 0 Å². The van der Waals surface area contributed by atoms with E-state index in [9.17, 15) is 0 Å². The van der Waals surface area contributed by atoms with Gasteiger partial charge in [-0.2, -0.15) is 0 Å². The molecule has 1 heterocycles. The Morgan fingerprint density at radius 3 is 1.93 bits per heavy atom. The summed E-state index contributed by atoms with van der Waals surface area (Å²) in [6.07, 6.45) is 6.24. The van der Waals surface area contributed by atoms with Crippen molar-refractivity contribution in [2.75, 3.05) is 0 Å². The highest BCUT2D eigenvalue weighted by molar-refractivity contribution is 5.99. The number of hydrogen-bond acceptors (Lipinski definition) is 1. The molecule has 0 saturated heterocycles. The average Bonchev–Trinajstić information content (AvgIpc) is 2.69. The molecule has 0 N–H and O–H groups in total. The highest BCUT2D eigenvalue weighted by Crippen LogP contribution is 2.34. The van der Waals surface area contributed by atoms with Gasteiger partial charge in [0.2, 0.25) is 0 Å². The first-order valence-electron chi connectivity index (χ1n) is 10.2. The smallest absolute Gasteiger partial charge is 0.0783 e. The molecule has 1 aromatic heterocycles. The number of hydrogen-bond donors (Lipinski definition) is 0. The lowest BCUT2D eigenvalue weighted by molar-refractivity contribution is 0.933. The number of aromatic nitrogens is 1. The van der Waals surface area contributed by atoms with E-state index in [0.717, 1.165) is 31.4 Å². The van der Waals surface area contributed by atoms with E-state index >= 15 is 0 Å². The van der Waals surface area contributed by atoms with Gasteiger partial charge < -0.3 is 0 Å². The molecule has 0 spiro atoms. The minimum atomic E-state index is 1.04. The normalized spacial score (nSPS) is 13.5. The summed E-state index contributed by atoms with van der Waals surface area (Å²) in [5.74, 6) is 0. The van der Waals surface area contributed by atoms with E-state index in [1.54, 1.807) is 0 Å². The predicted molar refractivity (Wildman–Crippen MR) is 118 cm³/mol. The van der Waals surface area contributed by atoms with E-state index in [1.165, 1.54) is 49.7 Å². The zero-order valence-corrected chi connectivity index (χ0v) is 16.6. The highest BCUT2D eigenvalue weighted by Gasteiger charge is 2.14. The number of nitrogens with zero attached hydrogens (tertiary/aromatic N) is 1. The molecule has 0 radical (unpaired) electrons. The number of rotatable bonds is 1. The lowest BCUT2D eigenvalue weighted by Gasteiger charge is -2.17. The summed E-state index contributed by atoms with van der Waals surface area (Å²) in [5.41, 5.74) is 10.6. The maximum absolute atomic E-state index is 4.87. The van der Waals surface area contributed by atoms with Crippen LogP contribution in [0.15, 0.2) is 66.9 Å². The first-order valence-corrected chi connectivity index (χ1v) is 10.2. The van der Waals surface area contributed by atoms with Crippen molar-refractivity contribution in [2.45, 2.75) is 39.5 Å². The van der Waals surface area contributed by atoms with Gasteiger partial charge in [-0.25, -0.2) is 0 Å². The fourth-order valence-electron chi connectivity index (χ4n) is 4.62. The van der Waals surface area contributed by atoms with Gasteiger partial charge in [0.25, 0.3) is 0 Å². The Morgan fingerprint density at radius 2 is 1.25 bits per heavy atom. The molecule has 4 bridgehead atoms. The minimum absolute atomic E-state index is 1.04. The van der Waals surface area contributed by atoms with Gasteiger partial charge in [0.05, 0.1) is 5.69 Å². The van der Waals surface area contributed by atoms with Crippen molar-refractivity contribution >= 4 is 10.8 Å². The van der Waals surface area contributed by atoms with Gasteiger partial charge in [-0.1, -0.05) is 53.6 Å². The summed E-state index contributed by atoms with van der Waals surface area (Å²) < 4.78 is 0. The number of benzene rings is 3. The third-order valence-corrected chi connectivity index (χ3v) is 5.99. The Hall–Kier alpha value is -2.93. The van der Waals surface area contributed by atoms with Gasteiger partial charge in [-0.3, -0.25) is 4.98 Å². The fraction of sp³-hybridized carbons (Fsp3) is 0.222. The van der Waals surface area contributed by atoms with E-state index in [1.807, 2.05) is 6.20 Å². The molecule has 0 saturated carbocycles. The molecule has 138 valence electrons. The second kappa shape index (κ2) is 6.91. The Kier molecular flexibility index (Phi) is 4.24. The van der Waals surface area contributed by atoms with Gasteiger partial charge in [0.15, 0.2) is 0 Å². The van der Waals surface area contributed by atoms with Crippen LogP contribution in [0, 0.1) is 13.8 Å². The molecule has 4 aromatic rings. The minimum Gasteiger partial charge on any atom is -0.256 e. The molecule has 4 aliphatic rings. The zero-order valence-electron chi connectivity index (χ0n) is 16.6. The van der Waals surface area contributed by atoms with Gasteiger partial charge in [0.1, 0.15) is 0 Å². The summed E-state index contributed by atoms with van der Waals surface area (Å²) in [6.45, 7) is 4.34. The van der Waals surface area contributed by atoms with Crippen LogP contribution in [0.4, 0.5) is 0 Å². The lowest BCUT2D eigenvalue weighted by Crippen LogP contribution is -2.01. The maximum Gasteiger partial charge on any atom is 0.0783 e. The molecule has 4 aliphatic carbocycles. The van der Waals surface area contributed by atoms with E-state index in [0.29, 0.717) is 0 Å². The molecule has 0 atom stereocenters. The first-order chi connectivity index (χ1) is 13.7. The SMILES string of the molecule is Cc1cc(C)cc(-c2nccc3c4ccc(c23)CCc2ccc(cc2)CC4)c1. The van der Waals surface area contributed by atoms with Gasteiger partial charge in [0, 0.05) is 17.1 Å². The Labute approximate surface area is 167 Å². The molecule has 8 rings (SSSR count). The molecule has 0 aliphatic heterocycles. The van der Waals surface area contributed by atoms with Gasteiger partial charge in [-0.15, -0.1) is 0 Å². The van der Waals surface area contributed by atoms with Crippen LogP contribution in [-0.4, -0.2) is 4.98 Å². The second-order valence-electron chi connectivity index (χ2n) is 8.16. The predicted octanol–water partition coefficient (Wildman–Crippen LogP) is 6.40. The lowest BCUT2D eigenvalue weighted by atomic mass is 9.89. The summed E-state index contributed by atoms with van der Waals surface area (Å²) >= 11 is 0. The molecular weight excluding hydrogens is 338 g/mol. The largest absolute Gasteiger partial charge is 0.256 e. The summed E-state index contributed by atoms with van der Waals surface area (Å²) in [5, 5.41) is 2.72. The Bertz CT molecular complexity index is 1150. The molecule has 0 unspecified atom stereocenters. The standard InChI is InChI=1S/C27H25N/c1-18-15-19(2)17-24(16-18)27-26-23-10-8-21-5-3-20(4-6-21)7-9-22(11-12-23)25(26)13-14-28-27/h3-6,11-17H,7-10H2,1-2H3. The summed E-state index contributed by atoms with van der Waals surface area (Å²) in [6, 6.07) is 22.9. The van der Waals surface area contributed by atoms with Crippen molar-refractivity contribution in [3.63, 3.8) is 0 Å². The quantitative estimate of drug-likeness (QED) is 0.381. The Morgan fingerprint density at radius 1 is 0.643 bits per heavy atom. The van der Waals surface area contributed by atoms with Gasteiger partial charge >= 0.3 is 0 Å². The van der Waals surface area contributed by atoms with Crippen LogP contribution in [0.2, 0.25) is 0 Å². The summed E-state index contributed by atoms with van der Waals surface area (Å²) in [4.78, 5) is 4.87. The molecular formula is C27H25N. The van der Waals surface area contributed by atoms with Crippen LogP contribution >= 0.6 is 0 Å². The first kappa shape index (κ1) is 17.2. The van der Waals surface area contributed by atoms with E-state index < -0.39 is 0 Å². The Balaban J connectivity index is 1.75. The fourth-order valence-corrected chi connectivity index (χ4v) is 4.62. The van der Waals surface area contributed by atoms with Crippen molar-refractivity contribution < 1.29 is 0 Å². The topological polar surface area (TPSA) is 12.9 Å². The zero-order chi connectivity index (χ0) is 19.1. The third-order valence-electron chi connectivity index (χ3n) is 5.99. The van der Waals surface area contributed by atoms with Crippen LogP contribution < -0.4 is 0 Å². The van der Waals surface area contributed by atoms with E-state index in [4.69, 9.17) is 4.98 Å². The van der Waals surface area contributed by atoms with Crippen molar-refractivity contribution in [3.05, 3.63) is 100 Å². The number of aryl methyl sites for hydroxylation is 6. The molecule has 1 heteroatoms. The maximum atomic E-state index is 4.87. The van der Waals surface area contributed by atoms with Crippen molar-refractivity contribution in [1.29, 1.82) is 0 Å². The third kappa shape index (κ3) is 3.11. The average molecular weight is 364 g/mol. The molecule has 1 nitrogen and oxygen atoms in total. The molecule has 3 aromatic carbocycles. The van der Waals surface area contributed by atoms with Crippen LogP contribution in [-0.2, 0) is 25.7 Å². The molecule has 28 heavy (non-hydrogen) atoms. The monoisotopic (exact) mass is 363 g/mol. The van der Waals surface area contributed by atoms with Crippen LogP contribution in [0.3, 0.4) is 0 Å². The second-order valence-corrected chi connectivity index (χ2v) is 8.16. The van der Waals surface area contributed by atoms with Gasteiger partial charge in [-0.05, 0) is 85.4 Å². The highest BCUT2D eigenvalue weighted by atomic mass is 14.7. The van der Waals surface area contributed by atoms with Crippen molar-refractivity contribution in [2.24, 2.45) is 0 Å². The molecule has 0 fully saturated rings.